The molecular formula is C20H19Cl2NO4. The van der Waals surface area contributed by atoms with Gasteiger partial charge in [-0.2, -0.15) is 0 Å². The van der Waals surface area contributed by atoms with Crippen LogP contribution in [0.1, 0.15) is 29.2 Å². The number of benzene rings is 2. The van der Waals surface area contributed by atoms with Crippen LogP contribution < -0.4 is 4.74 Å². The van der Waals surface area contributed by atoms with Crippen LogP contribution in [0.4, 0.5) is 0 Å². The predicted octanol–water partition coefficient (Wildman–Crippen LogP) is 5.18. The number of rotatable bonds is 8. The Labute approximate surface area is 167 Å². The summed E-state index contributed by atoms with van der Waals surface area (Å²) in [6.45, 7) is 4.08. The number of hydrogen-bond donors (Lipinski definition) is 1. The summed E-state index contributed by atoms with van der Waals surface area (Å²) in [6, 6.07) is 12.6. The van der Waals surface area contributed by atoms with Gasteiger partial charge in [0.2, 0.25) is 0 Å². The lowest BCUT2D eigenvalue weighted by Crippen LogP contribution is -2.18. The van der Waals surface area contributed by atoms with Crippen LogP contribution in [0.2, 0.25) is 0 Å². The molecule has 0 saturated carbocycles. The average Bonchev–Trinajstić information content (AvgIpc) is 2.61. The summed E-state index contributed by atoms with van der Waals surface area (Å²) in [6.07, 6.45) is 1.59. The van der Waals surface area contributed by atoms with Crippen LogP contribution in [0.25, 0.3) is 6.08 Å². The van der Waals surface area contributed by atoms with Gasteiger partial charge in [-0.15, -0.1) is 0 Å². The minimum atomic E-state index is -1.18. The van der Waals surface area contributed by atoms with E-state index < -0.39 is 5.97 Å². The molecule has 0 aliphatic heterocycles. The van der Waals surface area contributed by atoms with Crippen molar-refractivity contribution in [2.45, 2.75) is 20.5 Å². The molecule has 2 rings (SSSR count). The number of aliphatic carboxylic acids is 1. The molecule has 0 fully saturated rings. The van der Waals surface area contributed by atoms with E-state index >= 15 is 0 Å². The number of oxime groups is 1. The first-order chi connectivity index (χ1) is 12.9. The minimum absolute atomic E-state index is 0.114. The Balaban J connectivity index is 2.33. The van der Waals surface area contributed by atoms with E-state index in [1.165, 1.54) is 0 Å². The Bertz CT molecular complexity index is 874. The van der Waals surface area contributed by atoms with Crippen LogP contribution in [0.15, 0.2) is 52.1 Å². The van der Waals surface area contributed by atoms with Crippen LogP contribution in [0, 0.1) is 6.92 Å². The highest BCUT2D eigenvalue weighted by Gasteiger charge is 2.18. The fourth-order valence-electron chi connectivity index (χ4n) is 2.39. The Morgan fingerprint density at radius 2 is 1.96 bits per heavy atom. The third-order valence-corrected chi connectivity index (χ3v) is 3.79. The van der Waals surface area contributed by atoms with Crippen LogP contribution in [-0.2, 0) is 16.2 Å². The molecule has 0 saturated heterocycles. The molecule has 2 aromatic carbocycles. The van der Waals surface area contributed by atoms with Gasteiger partial charge in [0.05, 0.1) is 0 Å². The van der Waals surface area contributed by atoms with Crippen LogP contribution in [0.5, 0.6) is 5.75 Å². The van der Waals surface area contributed by atoms with E-state index in [2.05, 4.69) is 5.16 Å². The summed E-state index contributed by atoms with van der Waals surface area (Å²) < 4.78 is 6.02. The summed E-state index contributed by atoms with van der Waals surface area (Å²) in [5.74, 6) is -0.600. The van der Waals surface area contributed by atoms with Crippen molar-refractivity contribution in [3.63, 3.8) is 0 Å². The lowest BCUT2D eigenvalue weighted by atomic mass is 10.0. The summed E-state index contributed by atoms with van der Waals surface area (Å²) in [5.41, 5.74) is 2.67. The summed E-state index contributed by atoms with van der Waals surface area (Å²) in [4.78, 5) is 16.5. The molecule has 0 amide bonds. The number of aryl methyl sites for hydroxylation is 1. The second kappa shape index (κ2) is 10.00. The summed E-state index contributed by atoms with van der Waals surface area (Å²) in [7, 11) is 0. The summed E-state index contributed by atoms with van der Waals surface area (Å²) >= 11 is 11.6. The lowest BCUT2D eigenvalue weighted by molar-refractivity contribution is -0.129. The van der Waals surface area contributed by atoms with Gasteiger partial charge in [-0.25, -0.2) is 4.79 Å². The highest BCUT2D eigenvalue weighted by molar-refractivity contribution is 6.57. The first-order valence-corrected chi connectivity index (χ1v) is 8.95. The molecule has 5 nitrogen and oxygen atoms in total. The molecule has 2 aromatic rings. The van der Waals surface area contributed by atoms with Gasteiger partial charge < -0.3 is 14.7 Å². The molecule has 7 heteroatoms. The van der Waals surface area contributed by atoms with Gasteiger partial charge in [0.1, 0.15) is 23.5 Å². The zero-order valence-corrected chi connectivity index (χ0v) is 16.4. The summed E-state index contributed by atoms with van der Waals surface area (Å²) in [5, 5.41) is 13.2. The Kier molecular flexibility index (Phi) is 7.70. The molecule has 27 heavy (non-hydrogen) atoms. The molecule has 0 aromatic heterocycles. The molecule has 0 aliphatic rings. The monoisotopic (exact) mass is 407 g/mol. The van der Waals surface area contributed by atoms with Gasteiger partial charge in [-0.3, -0.25) is 0 Å². The van der Waals surface area contributed by atoms with Gasteiger partial charge in [-0.1, -0.05) is 64.3 Å². The minimum Gasteiger partial charge on any atom is -0.488 e. The van der Waals surface area contributed by atoms with E-state index in [0.29, 0.717) is 16.9 Å². The van der Waals surface area contributed by atoms with Gasteiger partial charge >= 0.3 is 5.97 Å². The highest BCUT2D eigenvalue weighted by Crippen LogP contribution is 2.26. The quantitative estimate of drug-likeness (QED) is 0.483. The number of carboxylic acids is 1. The van der Waals surface area contributed by atoms with E-state index in [4.69, 9.17) is 32.8 Å². The van der Waals surface area contributed by atoms with E-state index in [0.717, 1.165) is 11.1 Å². The molecular weight excluding hydrogens is 389 g/mol. The van der Waals surface area contributed by atoms with Gasteiger partial charge in [0, 0.05) is 11.1 Å². The second-order valence-corrected chi connectivity index (χ2v) is 6.59. The van der Waals surface area contributed by atoms with E-state index in [1.807, 2.05) is 25.1 Å². The van der Waals surface area contributed by atoms with Crippen molar-refractivity contribution in [2.24, 2.45) is 5.16 Å². The smallest absolute Gasteiger partial charge is 0.358 e. The van der Waals surface area contributed by atoms with Crippen molar-refractivity contribution in [1.29, 1.82) is 0 Å². The maximum Gasteiger partial charge on any atom is 0.358 e. The normalized spacial score (nSPS) is 11.0. The fourth-order valence-corrected chi connectivity index (χ4v) is 2.63. The largest absolute Gasteiger partial charge is 0.488 e. The highest BCUT2D eigenvalue weighted by atomic mass is 35.5. The number of ether oxygens (including phenoxy) is 1. The molecule has 142 valence electrons. The Morgan fingerprint density at radius 1 is 1.22 bits per heavy atom. The molecule has 0 radical (unpaired) electrons. The first-order valence-electron chi connectivity index (χ1n) is 8.20. The third kappa shape index (κ3) is 6.01. The SMILES string of the molecule is CCO/N=C(/C(=O)O)c1ccccc1COc1ccc(C)cc1C=C(Cl)Cl. The number of hydrogen-bond acceptors (Lipinski definition) is 4. The first kappa shape index (κ1) is 20.8. The number of carbonyl (C=O) groups is 1. The third-order valence-electron chi connectivity index (χ3n) is 3.57. The maximum atomic E-state index is 11.6. The second-order valence-electron chi connectivity index (χ2n) is 5.58. The van der Waals surface area contributed by atoms with Crippen molar-refractivity contribution in [3.05, 3.63) is 69.2 Å². The van der Waals surface area contributed by atoms with Gasteiger partial charge in [-0.05, 0) is 37.6 Å². The van der Waals surface area contributed by atoms with Crippen LogP contribution in [-0.4, -0.2) is 23.4 Å². The molecule has 0 bridgehead atoms. The van der Waals surface area contributed by atoms with Crippen molar-refractivity contribution in [3.8, 4) is 5.75 Å². The van der Waals surface area contributed by atoms with Gasteiger partial charge in [0.15, 0.2) is 5.71 Å². The van der Waals surface area contributed by atoms with Crippen molar-refractivity contribution in [1.82, 2.24) is 0 Å². The average molecular weight is 408 g/mol. The molecule has 1 N–H and O–H groups in total. The molecule has 0 aliphatic carbocycles. The lowest BCUT2D eigenvalue weighted by Gasteiger charge is -2.13. The molecule has 0 unspecified atom stereocenters. The zero-order valence-electron chi connectivity index (χ0n) is 14.9. The zero-order chi connectivity index (χ0) is 19.8. The maximum absolute atomic E-state index is 11.6. The number of nitrogens with zero attached hydrogens (tertiary/aromatic N) is 1. The molecule has 0 spiro atoms. The Hall–Kier alpha value is -2.50. The van der Waals surface area contributed by atoms with Crippen LogP contribution >= 0.6 is 23.2 Å². The topological polar surface area (TPSA) is 68.1 Å². The number of carboxylic acid groups (broad SMARTS) is 1. The van der Waals surface area contributed by atoms with Gasteiger partial charge in [0.25, 0.3) is 0 Å². The van der Waals surface area contributed by atoms with E-state index in [9.17, 15) is 9.90 Å². The van der Waals surface area contributed by atoms with Crippen molar-refractivity contribution in [2.75, 3.05) is 6.61 Å². The van der Waals surface area contributed by atoms with Crippen molar-refractivity contribution >= 4 is 41.0 Å². The molecule has 0 atom stereocenters. The fraction of sp³-hybridized carbons (Fsp3) is 0.200. The van der Waals surface area contributed by atoms with Crippen LogP contribution in [0.3, 0.4) is 0 Å². The standard InChI is InChI=1S/C20H19Cl2NO4/c1-3-27-23-19(20(24)25)16-7-5-4-6-14(16)12-26-17-9-8-13(2)10-15(17)11-18(21)22/h4-11H,3,12H2,1-2H3,(H,24,25)/b23-19+. The number of halogens is 2. The Morgan fingerprint density at radius 3 is 2.63 bits per heavy atom. The van der Waals surface area contributed by atoms with E-state index in [1.54, 1.807) is 37.3 Å². The van der Waals surface area contributed by atoms with Crippen molar-refractivity contribution < 1.29 is 19.5 Å². The molecule has 0 heterocycles. The van der Waals surface area contributed by atoms with E-state index in [-0.39, 0.29) is 23.4 Å². The predicted molar refractivity (Wildman–Crippen MR) is 107 cm³/mol.